The number of aromatic nitrogens is 1. The van der Waals surface area contributed by atoms with Crippen LogP contribution in [0.25, 0.3) is 0 Å². The zero-order valence-corrected chi connectivity index (χ0v) is 10.0. The summed E-state index contributed by atoms with van der Waals surface area (Å²) in [5.41, 5.74) is 0. The fraction of sp³-hybridized carbons (Fsp3) is 0.625. The van der Waals surface area contributed by atoms with Crippen molar-refractivity contribution in [1.29, 1.82) is 0 Å². The highest BCUT2D eigenvalue weighted by Crippen LogP contribution is 2.04. The number of hydrogen-bond acceptors (Lipinski definition) is 5. The molecule has 0 spiro atoms. The lowest BCUT2D eigenvalue weighted by atomic mass is 10.5. The Morgan fingerprint density at radius 2 is 2.40 bits per heavy atom. The lowest BCUT2D eigenvalue weighted by Crippen LogP contribution is -2.35. The Morgan fingerprint density at radius 3 is 2.93 bits per heavy atom. The number of aliphatic hydroxyl groups excluding tert-OH is 1. The molecule has 7 heteroatoms. The molecule has 1 rings (SSSR count). The molecule has 0 radical (unpaired) electrons. The van der Waals surface area contributed by atoms with Crippen LogP contribution in [0.3, 0.4) is 0 Å². The highest BCUT2D eigenvalue weighted by Gasteiger charge is 2.18. The third-order valence-corrected chi connectivity index (χ3v) is 4.57. The summed E-state index contributed by atoms with van der Waals surface area (Å²) in [6.07, 6.45) is 2.26. The van der Waals surface area contributed by atoms with Crippen LogP contribution in [0.5, 0.6) is 0 Å². The first-order chi connectivity index (χ1) is 7.06. The van der Waals surface area contributed by atoms with Crippen LogP contribution in [0, 0.1) is 0 Å². The molecule has 1 unspecified atom stereocenters. The second kappa shape index (κ2) is 5.55. The van der Waals surface area contributed by atoms with E-state index >= 15 is 0 Å². The zero-order valence-electron chi connectivity index (χ0n) is 8.38. The van der Waals surface area contributed by atoms with E-state index in [-0.39, 0.29) is 6.61 Å². The van der Waals surface area contributed by atoms with Crippen molar-refractivity contribution in [1.82, 2.24) is 9.71 Å². The molecule has 1 heterocycles. The topological polar surface area (TPSA) is 79.3 Å². The van der Waals surface area contributed by atoms with Crippen molar-refractivity contribution in [3.05, 3.63) is 16.6 Å². The van der Waals surface area contributed by atoms with Gasteiger partial charge in [-0.2, -0.15) is 0 Å². The van der Waals surface area contributed by atoms with Gasteiger partial charge in [-0.15, -0.1) is 11.3 Å². The van der Waals surface area contributed by atoms with E-state index in [1.54, 1.807) is 6.20 Å². The number of rotatable bonds is 6. The summed E-state index contributed by atoms with van der Waals surface area (Å²) in [7, 11) is -3.39. The van der Waals surface area contributed by atoms with Crippen molar-refractivity contribution < 1.29 is 13.5 Å². The summed E-state index contributed by atoms with van der Waals surface area (Å²) in [5, 5.41) is 10.7. The number of thiazole rings is 1. The molecule has 0 saturated heterocycles. The molecular weight excluding hydrogens is 236 g/mol. The Hall–Kier alpha value is -0.500. The molecule has 86 valence electrons. The van der Waals surface area contributed by atoms with Crippen molar-refractivity contribution in [2.75, 3.05) is 13.2 Å². The van der Waals surface area contributed by atoms with E-state index in [1.165, 1.54) is 18.3 Å². The van der Waals surface area contributed by atoms with E-state index in [2.05, 4.69) is 9.71 Å². The molecule has 1 atom stereocenters. The molecule has 5 nitrogen and oxygen atoms in total. The first-order valence-corrected chi connectivity index (χ1v) is 6.96. The minimum atomic E-state index is -3.39. The van der Waals surface area contributed by atoms with Gasteiger partial charge in [-0.1, -0.05) is 0 Å². The molecule has 0 saturated carbocycles. The van der Waals surface area contributed by atoms with Gasteiger partial charge >= 0.3 is 0 Å². The Labute approximate surface area is 93.2 Å². The maximum Gasteiger partial charge on any atom is 0.216 e. The summed E-state index contributed by atoms with van der Waals surface area (Å²) in [4.78, 5) is 4.04. The predicted molar refractivity (Wildman–Crippen MR) is 59.3 cm³/mol. The SMILES string of the molecule is CC(CO)S(=O)(=O)NCCc1nccs1. The largest absolute Gasteiger partial charge is 0.395 e. The smallest absolute Gasteiger partial charge is 0.216 e. The van der Waals surface area contributed by atoms with Crippen molar-refractivity contribution in [3.63, 3.8) is 0 Å². The normalized spacial score (nSPS) is 14.0. The van der Waals surface area contributed by atoms with E-state index < -0.39 is 15.3 Å². The minimum Gasteiger partial charge on any atom is -0.395 e. The quantitative estimate of drug-likeness (QED) is 0.744. The Bertz CT molecular complexity index is 375. The van der Waals surface area contributed by atoms with Crippen LogP contribution in [0.15, 0.2) is 11.6 Å². The fourth-order valence-corrected chi connectivity index (χ4v) is 2.40. The monoisotopic (exact) mass is 250 g/mol. The van der Waals surface area contributed by atoms with Gasteiger partial charge in [-0.05, 0) is 6.92 Å². The molecule has 0 amide bonds. The lowest BCUT2D eigenvalue weighted by Gasteiger charge is -2.10. The Balaban J connectivity index is 2.37. The van der Waals surface area contributed by atoms with Crippen molar-refractivity contribution >= 4 is 21.4 Å². The van der Waals surface area contributed by atoms with Gasteiger partial charge in [-0.3, -0.25) is 0 Å². The molecular formula is C8H14N2O3S2. The Kier molecular flexibility index (Phi) is 4.65. The second-order valence-electron chi connectivity index (χ2n) is 3.11. The molecule has 1 aromatic rings. The van der Waals surface area contributed by atoms with Crippen LogP contribution < -0.4 is 4.72 Å². The van der Waals surface area contributed by atoms with E-state index in [0.717, 1.165) is 5.01 Å². The number of sulfonamides is 1. The summed E-state index contributed by atoms with van der Waals surface area (Å²) < 4.78 is 25.2. The molecule has 1 aromatic heterocycles. The summed E-state index contributed by atoms with van der Waals surface area (Å²) in [6, 6.07) is 0. The number of hydrogen-bond donors (Lipinski definition) is 2. The molecule has 15 heavy (non-hydrogen) atoms. The van der Waals surface area contributed by atoms with Crippen LogP contribution >= 0.6 is 11.3 Å². The van der Waals surface area contributed by atoms with Crippen molar-refractivity contribution in [2.45, 2.75) is 18.6 Å². The predicted octanol–water partition coefficient (Wildman–Crippen LogP) is -0.0142. The standard InChI is InChI=1S/C8H14N2O3S2/c1-7(6-11)15(12,13)10-3-2-8-9-4-5-14-8/h4-5,7,10-11H,2-3,6H2,1H3. The van der Waals surface area contributed by atoms with Gasteiger partial charge in [0.05, 0.1) is 16.9 Å². The Morgan fingerprint density at radius 1 is 1.67 bits per heavy atom. The van der Waals surface area contributed by atoms with Crippen LogP contribution in [-0.4, -0.2) is 36.9 Å². The highest BCUT2D eigenvalue weighted by atomic mass is 32.2. The first-order valence-electron chi connectivity index (χ1n) is 4.54. The average Bonchev–Trinajstić information content (AvgIpc) is 2.69. The molecule has 0 aliphatic heterocycles. The molecule has 0 bridgehead atoms. The van der Waals surface area contributed by atoms with Gasteiger partial charge < -0.3 is 5.11 Å². The second-order valence-corrected chi connectivity index (χ2v) is 6.27. The minimum absolute atomic E-state index is 0.320. The van der Waals surface area contributed by atoms with Gasteiger partial charge in [0, 0.05) is 24.5 Å². The number of nitrogens with zero attached hydrogens (tertiary/aromatic N) is 1. The average molecular weight is 250 g/mol. The van der Waals surface area contributed by atoms with Crippen molar-refractivity contribution in [3.8, 4) is 0 Å². The van der Waals surface area contributed by atoms with Crippen molar-refractivity contribution in [2.24, 2.45) is 0 Å². The molecule has 0 aromatic carbocycles. The van der Waals surface area contributed by atoms with Crippen LogP contribution in [0.2, 0.25) is 0 Å². The summed E-state index contributed by atoms with van der Waals surface area (Å²) in [6.45, 7) is 1.42. The first kappa shape index (κ1) is 12.6. The van der Waals surface area contributed by atoms with Gasteiger partial charge in [0.15, 0.2) is 0 Å². The van der Waals surface area contributed by atoms with E-state index in [4.69, 9.17) is 5.11 Å². The fourth-order valence-electron chi connectivity index (χ4n) is 0.917. The third-order valence-electron chi connectivity index (χ3n) is 1.91. The summed E-state index contributed by atoms with van der Waals surface area (Å²) in [5.74, 6) is 0. The maximum atomic E-state index is 11.4. The maximum absolute atomic E-state index is 11.4. The molecule has 0 aliphatic carbocycles. The summed E-state index contributed by atoms with van der Waals surface area (Å²) >= 11 is 1.49. The molecule has 0 fully saturated rings. The molecule has 0 aliphatic rings. The van der Waals surface area contributed by atoms with Gasteiger partial charge in [-0.25, -0.2) is 18.1 Å². The number of aliphatic hydroxyl groups is 1. The molecule has 2 N–H and O–H groups in total. The van der Waals surface area contributed by atoms with Crippen LogP contribution in [0.1, 0.15) is 11.9 Å². The van der Waals surface area contributed by atoms with E-state index in [1.807, 2.05) is 5.38 Å². The van der Waals surface area contributed by atoms with Crippen LogP contribution in [-0.2, 0) is 16.4 Å². The van der Waals surface area contributed by atoms with Gasteiger partial charge in [0.25, 0.3) is 0 Å². The van der Waals surface area contributed by atoms with E-state index in [0.29, 0.717) is 13.0 Å². The lowest BCUT2D eigenvalue weighted by molar-refractivity contribution is 0.295. The third kappa shape index (κ3) is 3.86. The van der Waals surface area contributed by atoms with Crippen LogP contribution in [0.4, 0.5) is 0 Å². The van der Waals surface area contributed by atoms with Gasteiger partial charge in [0.1, 0.15) is 0 Å². The van der Waals surface area contributed by atoms with E-state index in [9.17, 15) is 8.42 Å². The zero-order chi connectivity index (χ0) is 11.3. The van der Waals surface area contributed by atoms with Gasteiger partial charge in [0.2, 0.25) is 10.0 Å². The number of nitrogens with one attached hydrogen (secondary N) is 1. The highest BCUT2D eigenvalue weighted by molar-refractivity contribution is 7.90.